The summed E-state index contributed by atoms with van der Waals surface area (Å²) >= 11 is -1.17. The van der Waals surface area contributed by atoms with Crippen LogP contribution < -0.4 is 4.70 Å². The molecule has 0 aliphatic carbocycles. The van der Waals surface area contributed by atoms with Gasteiger partial charge in [-0.15, -0.1) is 0 Å². The zero-order valence-electron chi connectivity index (χ0n) is 11.0. The van der Waals surface area contributed by atoms with Crippen molar-refractivity contribution in [2.24, 2.45) is 0 Å². The van der Waals surface area contributed by atoms with Crippen LogP contribution in [0.1, 0.15) is 0 Å². The Bertz CT molecular complexity index is 147. The van der Waals surface area contributed by atoms with E-state index < -0.39 is 11.5 Å². The fourth-order valence-corrected chi connectivity index (χ4v) is 1.91. The molecule has 0 bridgehead atoms. The standard InChI is InChI=1S/C6H18N3O6S.2FH/c1-10-7(11-2)16(8(12-3)13-4)9(14-5)15-6;;/h1-6H3;2*1H/q+1;;/p-1. The third-order valence-electron chi connectivity index (χ3n) is 1.29. The summed E-state index contributed by atoms with van der Waals surface area (Å²) in [5.74, 6) is 0. The van der Waals surface area contributed by atoms with Crippen molar-refractivity contribution in [3.8, 4) is 0 Å². The summed E-state index contributed by atoms with van der Waals surface area (Å²) in [6, 6.07) is 0. The van der Waals surface area contributed by atoms with E-state index in [-0.39, 0.29) is 9.41 Å². The Hall–Kier alpha value is -0.150. The molecule has 0 aromatic rings. The highest BCUT2D eigenvalue weighted by Crippen LogP contribution is 2.18. The lowest BCUT2D eigenvalue weighted by Crippen LogP contribution is -3.00. The fraction of sp³-hybridized carbons (Fsp3) is 1.00. The first kappa shape index (κ1) is 23.0. The van der Waals surface area contributed by atoms with Crippen molar-refractivity contribution in [3.05, 3.63) is 0 Å². The van der Waals surface area contributed by atoms with Gasteiger partial charge in [0.1, 0.15) is 0 Å². The van der Waals surface area contributed by atoms with E-state index in [1.807, 2.05) is 0 Å². The fourth-order valence-electron chi connectivity index (χ4n) is 0.787. The van der Waals surface area contributed by atoms with Crippen molar-refractivity contribution in [1.82, 2.24) is 13.9 Å². The molecule has 0 aromatic carbocycles. The number of nitrogens with zero attached hydrogens (tertiary/aromatic N) is 3. The maximum Gasteiger partial charge on any atom is 0.433 e. The Labute approximate surface area is 107 Å². The van der Waals surface area contributed by atoms with Crippen LogP contribution in [0.5, 0.6) is 0 Å². The minimum atomic E-state index is -1.17. The van der Waals surface area contributed by atoms with Crippen molar-refractivity contribution in [1.29, 1.82) is 0 Å². The van der Waals surface area contributed by atoms with Crippen LogP contribution in [0.3, 0.4) is 0 Å². The Morgan fingerprint density at radius 3 is 0.833 bits per heavy atom. The molecule has 0 aromatic heterocycles. The van der Waals surface area contributed by atoms with Crippen molar-refractivity contribution in [2.45, 2.75) is 0 Å². The number of halogens is 2. The van der Waals surface area contributed by atoms with Gasteiger partial charge in [-0.25, -0.2) is 29.0 Å². The molecule has 0 radical (unpaired) electrons. The zero-order chi connectivity index (χ0) is 12.6. The molecule has 12 heteroatoms. The van der Waals surface area contributed by atoms with Crippen LogP contribution in [0.4, 0.5) is 4.70 Å². The summed E-state index contributed by atoms with van der Waals surface area (Å²) < 4.78 is 3.21. The molecule has 0 saturated heterocycles. The minimum Gasteiger partial charge on any atom is -1.00 e. The number of hydrogen-bond donors (Lipinski definition) is 0. The first-order valence-corrected chi connectivity index (χ1v) is 5.19. The zero-order valence-corrected chi connectivity index (χ0v) is 11.8. The summed E-state index contributed by atoms with van der Waals surface area (Å²) in [6.45, 7) is 0. The van der Waals surface area contributed by atoms with Gasteiger partial charge in [0.15, 0.2) is 13.9 Å². The molecule has 0 atom stereocenters. The van der Waals surface area contributed by atoms with Crippen molar-refractivity contribution < 1.29 is 38.4 Å². The van der Waals surface area contributed by atoms with E-state index in [1.54, 1.807) is 0 Å². The topological polar surface area (TPSA) is 65.1 Å². The molecule has 18 heavy (non-hydrogen) atoms. The van der Waals surface area contributed by atoms with Crippen molar-refractivity contribution in [2.75, 3.05) is 42.7 Å². The van der Waals surface area contributed by atoms with E-state index in [9.17, 15) is 0 Å². The Morgan fingerprint density at radius 2 is 0.722 bits per heavy atom. The normalized spacial score (nSPS) is 11.0. The molecule has 0 N–H and O–H groups in total. The lowest BCUT2D eigenvalue weighted by molar-refractivity contribution is -0.348. The van der Waals surface area contributed by atoms with Crippen LogP contribution in [0.2, 0.25) is 0 Å². The van der Waals surface area contributed by atoms with Crippen molar-refractivity contribution >= 4 is 11.5 Å². The molecule has 9 nitrogen and oxygen atoms in total. The van der Waals surface area contributed by atoms with E-state index in [2.05, 4.69) is 0 Å². The van der Waals surface area contributed by atoms with Gasteiger partial charge in [-0.3, -0.25) is 4.70 Å². The first-order valence-electron chi connectivity index (χ1n) is 4.09. The van der Waals surface area contributed by atoms with Crippen LogP contribution >= 0.6 is 0 Å². The van der Waals surface area contributed by atoms with Gasteiger partial charge >= 0.3 is 11.5 Å². The predicted octanol–water partition coefficient (Wildman–Crippen LogP) is -3.22. The summed E-state index contributed by atoms with van der Waals surface area (Å²) in [4.78, 5) is 29.7. The molecular formula is C6H19F2N3O6S. The predicted molar refractivity (Wildman–Crippen MR) is 57.4 cm³/mol. The molecule has 0 unspecified atom stereocenters. The molecule has 0 amide bonds. The molecule has 0 rings (SSSR count). The highest BCUT2D eigenvalue weighted by Gasteiger charge is 2.51. The van der Waals surface area contributed by atoms with E-state index >= 15 is 0 Å². The van der Waals surface area contributed by atoms with E-state index in [4.69, 9.17) is 29.0 Å². The van der Waals surface area contributed by atoms with Gasteiger partial charge in [0, 0.05) is 0 Å². The molecule has 114 valence electrons. The maximum absolute atomic E-state index is 4.95. The smallest absolute Gasteiger partial charge is 0.433 e. The summed E-state index contributed by atoms with van der Waals surface area (Å²) in [5, 5.41) is 0. The second-order valence-electron chi connectivity index (χ2n) is 2.01. The third kappa shape index (κ3) is 6.14. The monoisotopic (exact) mass is 299 g/mol. The van der Waals surface area contributed by atoms with Gasteiger partial charge in [0.2, 0.25) is 0 Å². The van der Waals surface area contributed by atoms with Crippen molar-refractivity contribution in [3.63, 3.8) is 0 Å². The lowest BCUT2D eigenvalue weighted by Gasteiger charge is -2.22. The largest absolute Gasteiger partial charge is 1.00 e. The van der Waals surface area contributed by atoms with Gasteiger partial charge in [0.05, 0.1) is 42.7 Å². The molecule has 0 aliphatic heterocycles. The van der Waals surface area contributed by atoms with Gasteiger partial charge in [-0.05, 0) is 0 Å². The second kappa shape index (κ2) is 13.3. The minimum absolute atomic E-state index is 0. The van der Waals surface area contributed by atoms with Gasteiger partial charge < -0.3 is 4.70 Å². The quantitative estimate of drug-likeness (QED) is 0.323. The molecule has 0 aliphatic rings. The van der Waals surface area contributed by atoms with Crippen LogP contribution in [0.15, 0.2) is 0 Å². The molecule has 0 spiro atoms. The molecule has 0 fully saturated rings. The maximum atomic E-state index is 4.95. The Kier molecular flexibility index (Phi) is 17.0. The third-order valence-corrected chi connectivity index (χ3v) is 2.99. The van der Waals surface area contributed by atoms with Gasteiger partial charge in [-0.1, -0.05) is 0 Å². The van der Waals surface area contributed by atoms with E-state index in [1.165, 1.54) is 42.7 Å². The first-order chi connectivity index (χ1) is 7.69. The lowest BCUT2D eigenvalue weighted by atomic mass is 11.7. The van der Waals surface area contributed by atoms with E-state index in [0.29, 0.717) is 0 Å². The van der Waals surface area contributed by atoms with Crippen LogP contribution in [0, 0.1) is 0 Å². The SMILES string of the molecule is CON(OC)[S+](N(OC)OC)N(OC)OC.F.[F-]. The number of rotatable bonds is 9. The highest BCUT2D eigenvalue weighted by molar-refractivity contribution is 7.89. The average Bonchev–Trinajstić information content (AvgIpc) is 2.33. The highest BCUT2D eigenvalue weighted by atomic mass is 32.2. The van der Waals surface area contributed by atoms with Gasteiger partial charge in [0.25, 0.3) is 0 Å². The molecular weight excluding hydrogens is 280 g/mol. The van der Waals surface area contributed by atoms with Crippen LogP contribution in [-0.4, -0.2) is 56.6 Å². The number of hydrogen-bond acceptors (Lipinski definition) is 9. The van der Waals surface area contributed by atoms with Crippen LogP contribution in [-0.2, 0) is 40.5 Å². The Balaban J connectivity index is -0.00000112. The average molecular weight is 299 g/mol. The summed E-state index contributed by atoms with van der Waals surface area (Å²) in [5.41, 5.74) is 0. The summed E-state index contributed by atoms with van der Waals surface area (Å²) in [7, 11) is 8.48. The van der Waals surface area contributed by atoms with E-state index in [0.717, 1.165) is 13.9 Å². The van der Waals surface area contributed by atoms with Gasteiger partial charge in [-0.2, -0.15) is 0 Å². The molecule has 0 heterocycles. The second-order valence-corrected chi connectivity index (χ2v) is 3.40. The summed E-state index contributed by atoms with van der Waals surface area (Å²) in [6.07, 6.45) is 0. The van der Waals surface area contributed by atoms with Crippen LogP contribution in [0.25, 0.3) is 0 Å². The molecule has 0 saturated carbocycles. The Morgan fingerprint density at radius 1 is 0.556 bits per heavy atom.